The third kappa shape index (κ3) is 8.63. The maximum atomic E-state index is 5.19. The van der Waals surface area contributed by atoms with Crippen LogP contribution in [0.5, 0.6) is 0 Å². The summed E-state index contributed by atoms with van der Waals surface area (Å²) in [6.45, 7) is 4.47. The SMILES string of the molecule is CCCCOCC[O][Ti]. The van der Waals surface area contributed by atoms with Crippen LogP contribution >= 0.6 is 0 Å². The summed E-state index contributed by atoms with van der Waals surface area (Å²) in [5.74, 6) is 0. The van der Waals surface area contributed by atoms with E-state index >= 15 is 0 Å². The van der Waals surface area contributed by atoms with Gasteiger partial charge in [0.25, 0.3) is 0 Å². The normalized spacial score (nSPS) is 9.78. The molecule has 9 heavy (non-hydrogen) atoms. The Morgan fingerprint density at radius 3 is 2.56 bits per heavy atom. The fourth-order valence-electron chi connectivity index (χ4n) is 0.449. The van der Waals surface area contributed by atoms with Crippen LogP contribution in [-0.4, -0.2) is 19.8 Å². The molecule has 0 unspecified atom stereocenters. The fraction of sp³-hybridized carbons (Fsp3) is 1.00. The number of ether oxygens (including phenoxy) is 1. The summed E-state index contributed by atoms with van der Waals surface area (Å²) < 4.78 is 9.99. The Morgan fingerprint density at radius 1 is 1.22 bits per heavy atom. The Hall–Kier alpha value is 0.634. The first-order chi connectivity index (χ1) is 4.41. The molecule has 0 aliphatic rings. The minimum atomic E-state index is 0.712. The Bertz CT molecular complexity index is 44.3. The van der Waals surface area contributed by atoms with Gasteiger partial charge in [-0.3, -0.25) is 0 Å². The second-order valence-electron chi connectivity index (χ2n) is 1.81. The molecule has 3 heteroatoms. The van der Waals surface area contributed by atoms with Crippen LogP contribution in [0, 0.1) is 0 Å². The molecule has 0 bridgehead atoms. The van der Waals surface area contributed by atoms with Crippen molar-refractivity contribution >= 4 is 0 Å². The molecule has 0 saturated carbocycles. The summed E-state index contributed by atoms with van der Waals surface area (Å²) in [5, 5.41) is 0. The van der Waals surface area contributed by atoms with Crippen LogP contribution in [0.15, 0.2) is 0 Å². The molecule has 53 valence electrons. The topological polar surface area (TPSA) is 18.5 Å². The van der Waals surface area contributed by atoms with E-state index < -0.39 is 0 Å². The van der Waals surface area contributed by atoms with E-state index in [-0.39, 0.29) is 0 Å². The van der Waals surface area contributed by atoms with Crippen molar-refractivity contribution in [3.05, 3.63) is 0 Å². The van der Waals surface area contributed by atoms with Gasteiger partial charge in [-0.1, -0.05) is 0 Å². The van der Waals surface area contributed by atoms with Crippen molar-refractivity contribution in [1.82, 2.24) is 0 Å². The molecule has 0 amide bonds. The molecule has 0 aromatic heterocycles. The van der Waals surface area contributed by atoms with Gasteiger partial charge in [-0.15, -0.1) is 0 Å². The van der Waals surface area contributed by atoms with Crippen LogP contribution in [0.3, 0.4) is 0 Å². The van der Waals surface area contributed by atoms with Gasteiger partial charge in [0.2, 0.25) is 0 Å². The van der Waals surface area contributed by atoms with Crippen molar-refractivity contribution in [1.29, 1.82) is 0 Å². The van der Waals surface area contributed by atoms with Crippen LogP contribution in [0.25, 0.3) is 0 Å². The summed E-state index contributed by atoms with van der Waals surface area (Å²) in [4.78, 5) is 0. The van der Waals surface area contributed by atoms with E-state index in [1.807, 2.05) is 0 Å². The number of unbranched alkanes of at least 4 members (excludes halogenated alkanes) is 1. The van der Waals surface area contributed by atoms with E-state index in [2.05, 4.69) is 6.92 Å². The van der Waals surface area contributed by atoms with Gasteiger partial charge >= 0.3 is 68.5 Å². The Morgan fingerprint density at radius 2 is 2.00 bits per heavy atom. The molecule has 0 aliphatic carbocycles. The average molecular weight is 165 g/mol. The van der Waals surface area contributed by atoms with Crippen molar-refractivity contribution < 1.29 is 28.9 Å². The van der Waals surface area contributed by atoms with Crippen molar-refractivity contribution in [3.63, 3.8) is 0 Å². The minimum absolute atomic E-state index is 0.712. The first-order valence-electron chi connectivity index (χ1n) is 3.28. The van der Waals surface area contributed by atoms with Crippen LogP contribution in [0.2, 0.25) is 0 Å². The number of hydrogen-bond donors (Lipinski definition) is 0. The van der Waals surface area contributed by atoms with Crippen LogP contribution in [0.1, 0.15) is 19.8 Å². The Kier molecular flexibility index (Phi) is 9.24. The van der Waals surface area contributed by atoms with Crippen molar-refractivity contribution in [2.75, 3.05) is 19.8 Å². The second-order valence-corrected chi connectivity index (χ2v) is 2.27. The van der Waals surface area contributed by atoms with Gasteiger partial charge in [-0.05, 0) is 0 Å². The molecule has 0 saturated heterocycles. The monoisotopic (exact) mass is 165 g/mol. The summed E-state index contributed by atoms with van der Waals surface area (Å²) in [5.41, 5.74) is 0. The van der Waals surface area contributed by atoms with Crippen LogP contribution < -0.4 is 0 Å². The predicted octanol–water partition coefficient (Wildman–Crippen LogP) is 1.28. The first kappa shape index (κ1) is 9.63. The molecule has 0 N–H and O–H groups in total. The molecular weight excluding hydrogens is 152 g/mol. The summed E-state index contributed by atoms with van der Waals surface area (Å²) >= 11 is 1.68. The second kappa shape index (κ2) is 8.63. The summed E-state index contributed by atoms with van der Waals surface area (Å²) in [6.07, 6.45) is 2.36. The van der Waals surface area contributed by atoms with Gasteiger partial charge in [0, 0.05) is 0 Å². The molecule has 2 nitrogen and oxygen atoms in total. The predicted molar refractivity (Wildman–Crippen MR) is 31.7 cm³/mol. The fourth-order valence-corrected chi connectivity index (χ4v) is 0.579. The summed E-state index contributed by atoms with van der Waals surface area (Å²) in [6, 6.07) is 0. The number of rotatable bonds is 6. The van der Waals surface area contributed by atoms with E-state index in [9.17, 15) is 0 Å². The van der Waals surface area contributed by atoms with Gasteiger partial charge < -0.3 is 0 Å². The standard InChI is InChI=1S/C6H13O2.Ti/c1-2-3-5-8-6-4-7;/h2-6H2,1H3;/q-1;+1. The molecule has 0 fully saturated rings. The van der Waals surface area contributed by atoms with Gasteiger partial charge in [0.15, 0.2) is 0 Å². The molecule has 0 aromatic carbocycles. The third-order valence-corrected chi connectivity index (χ3v) is 1.29. The van der Waals surface area contributed by atoms with Crippen LogP contribution in [-0.2, 0) is 28.9 Å². The zero-order valence-electron chi connectivity index (χ0n) is 5.85. The van der Waals surface area contributed by atoms with E-state index in [1.165, 1.54) is 6.42 Å². The molecule has 0 heterocycles. The Labute approximate surface area is 68.8 Å². The van der Waals surface area contributed by atoms with Crippen molar-refractivity contribution in [3.8, 4) is 0 Å². The van der Waals surface area contributed by atoms with Gasteiger partial charge in [0.1, 0.15) is 0 Å². The zero-order chi connectivity index (χ0) is 6.95. The first-order valence-corrected chi connectivity index (χ1v) is 3.91. The zero-order valence-corrected chi connectivity index (χ0v) is 7.41. The Balaban J connectivity index is 2.60. The average Bonchev–Trinajstić information content (AvgIpc) is 1.89. The quantitative estimate of drug-likeness (QED) is 0.436. The molecule has 0 radical (unpaired) electrons. The molecule has 0 atom stereocenters. The van der Waals surface area contributed by atoms with E-state index in [0.29, 0.717) is 6.61 Å². The third-order valence-electron chi connectivity index (χ3n) is 0.972. The van der Waals surface area contributed by atoms with E-state index in [4.69, 9.17) is 8.06 Å². The van der Waals surface area contributed by atoms with Gasteiger partial charge in [0.05, 0.1) is 0 Å². The van der Waals surface area contributed by atoms with E-state index in [1.54, 1.807) is 20.8 Å². The van der Waals surface area contributed by atoms with Crippen LogP contribution in [0.4, 0.5) is 0 Å². The summed E-state index contributed by atoms with van der Waals surface area (Å²) in [7, 11) is 0. The van der Waals surface area contributed by atoms with Gasteiger partial charge in [-0.2, -0.15) is 0 Å². The van der Waals surface area contributed by atoms with Crippen molar-refractivity contribution in [2.24, 2.45) is 0 Å². The molecule has 0 aromatic rings. The molecule has 0 rings (SSSR count). The van der Waals surface area contributed by atoms with Crippen molar-refractivity contribution in [2.45, 2.75) is 19.8 Å². The molecular formula is C6H13O2Ti. The van der Waals surface area contributed by atoms with E-state index in [0.717, 1.165) is 19.6 Å². The molecule has 0 aliphatic heterocycles. The number of hydrogen-bond acceptors (Lipinski definition) is 2. The maximum absolute atomic E-state index is 5.19. The van der Waals surface area contributed by atoms with Gasteiger partial charge in [-0.25, -0.2) is 0 Å². The molecule has 0 spiro atoms.